The molecule has 2 unspecified atom stereocenters. The van der Waals surface area contributed by atoms with Crippen LogP contribution in [-0.2, 0) is 15.3 Å². The summed E-state index contributed by atoms with van der Waals surface area (Å²) in [4.78, 5) is 27.8. The van der Waals surface area contributed by atoms with Gasteiger partial charge in [-0.1, -0.05) is 6.07 Å². The minimum atomic E-state index is -0.444. The highest BCUT2D eigenvalue weighted by Gasteiger charge is 2.28. The Morgan fingerprint density at radius 2 is 1.94 bits per heavy atom. The van der Waals surface area contributed by atoms with Gasteiger partial charge < -0.3 is 14.4 Å². The first-order chi connectivity index (χ1) is 14.9. The Morgan fingerprint density at radius 3 is 2.55 bits per heavy atom. The number of nitro benzene ring substituents is 1. The molecule has 2 fully saturated rings. The molecule has 1 amide bonds. The van der Waals surface area contributed by atoms with Gasteiger partial charge in [0.1, 0.15) is 0 Å². The zero-order valence-electron chi connectivity index (χ0n) is 18.6. The molecule has 2 atom stereocenters. The summed E-state index contributed by atoms with van der Waals surface area (Å²) in [7, 11) is 1.42. The van der Waals surface area contributed by atoms with Gasteiger partial charge in [0.2, 0.25) is 5.91 Å². The number of carbonyl (C=O) groups excluding carboxylic acids is 1. The second-order valence-corrected chi connectivity index (χ2v) is 9.54. The van der Waals surface area contributed by atoms with E-state index in [2.05, 4.69) is 18.7 Å². The van der Waals surface area contributed by atoms with Crippen molar-refractivity contribution < 1.29 is 19.2 Å². The molecule has 2 aliphatic rings. The molecule has 9 heteroatoms. The first-order valence-corrected chi connectivity index (χ1v) is 12.1. The number of methoxy groups -OCH3 is 1. The number of nitrogens with zero attached hydrogens (tertiary/aromatic N) is 3. The lowest BCUT2D eigenvalue weighted by molar-refractivity contribution is -0.385. The van der Waals surface area contributed by atoms with Gasteiger partial charge in [-0.3, -0.25) is 19.8 Å². The van der Waals surface area contributed by atoms with Gasteiger partial charge in [0, 0.05) is 44.5 Å². The maximum atomic E-state index is 12.6. The van der Waals surface area contributed by atoms with Crippen molar-refractivity contribution in [1.29, 1.82) is 0 Å². The molecule has 0 aromatic heterocycles. The minimum absolute atomic E-state index is 0.0435. The number of ether oxygens (including phenoxy) is 2. The van der Waals surface area contributed by atoms with E-state index in [-0.39, 0.29) is 29.6 Å². The number of rotatable bonds is 8. The topological polar surface area (TPSA) is 85.2 Å². The number of morpholine rings is 1. The van der Waals surface area contributed by atoms with Gasteiger partial charge in [0.25, 0.3) is 0 Å². The lowest BCUT2D eigenvalue weighted by Crippen LogP contribution is -2.48. The molecule has 0 N–H and O–H groups in total. The quantitative estimate of drug-likeness (QED) is 0.443. The van der Waals surface area contributed by atoms with E-state index in [9.17, 15) is 14.9 Å². The molecule has 0 aliphatic carbocycles. The standard InChI is InChI=1S/C22H33N3O5S/c1-16-11-23(12-17(2)30-16)13-18-6-8-24(9-7-18)22(26)15-31-14-19-4-5-21(29-3)20(10-19)25(27)28/h4-5,10,16-18H,6-9,11-15H2,1-3H3. The van der Waals surface area contributed by atoms with Gasteiger partial charge in [-0.05, 0) is 44.2 Å². The predicted molar refractivity (Wildman–Crippen MR) is 122 cm³/mol. The third-order valence-corrected chi connectivity index (χ3v) is 6.90. The number of thioether (sulfide) groups is 1. The second kappa shape index (κ2) is 11.2. The van der Waals surface area contributed by atoms with Crippen molar-refractivity contribution in [1.82, 2.24) is 9.80 Å². The summed E-state index contributed by atoms with van der Waals surface area (Å²) in [5, 5.41) is 11.2. The molecule has 0 saturated carbocycles. The molecule has 2 saturated heterocycles. The Balaban J connectivity index is 1.39. The van der Waals surface area contributed by atoms with E-state index in [1.807, 2.05) is 11.0 Å². The highest BCUT2D eigenvalue weighted by molar-refractivity contribution is 7.99. The predicted octanol–water partition coefficient (Wildman–Crippen LogP) is 3.18. The molecule has 0 radical (unpaired) electrons. The Kier molecular flexibility index (Phi) is 8.57. The van der Waals surface area contributed by atoms with E-state index < -0.39 is 4.92 Å². The van der Waals surface area contributed by atoms with Crippen molar-refractivity contribution >= 4 is 23.4 Å². The second-order valence-electron chi connectivity index (χ2n) is 8.56. The molecule has 1 aromatic rings. The lowest BCUT2D eigenvalue weighted by Gasteiger charge is -2.39. The van der Waals surface area contributed by atoms with Crippen LogP contribution in [0.15, 0.2) is 18.2 Å². The number of carbonyl (C=O) groups is 1. The molecule has 8 nitrogen and oxygen atoms in total. The van der Waals surface area contributed by atoms with Crippen LogP contribution in [-0.4, -0.2) is 78.4 Å². The van der Waals surface area contributed by atoms with Crippen LogP contribution in [0, 0.1) is 16.0 Å². The summed E-state index contributed by atoms with van der Waals surface area (Å²) in [6.45, 7) is 8.96. The molecule has 2 heterocycles. The summed E-state index contributed by atoms with van der Waals surface area (Å²) in [5.74, 6) is 1.98. The van der Waals surface area contributed by atoms with Crippen LogP contribution in [0.2, 0.25) is 0 Å². The number of piperidine rings is 1. The normalized spacial score (nSPS) is 23.0. The summed E-state index contributed by atoms with van der Waals surface area (Å²) >= 11 is 1.49. The van der Waals surface area contributed by atoms with Crippen molar-refractivity contribution in [3.63, 3.8) is 0 Å². The van der Waals surface area contributed by atoms with Gasteiger partial charge in [-0.2, -0.15) is 0 Å². The first kappa shape index (κ1) is 23.8. The average Bonchev–Trinajstić information content (AvgIpc) is 2.73. The van der Waals surface area contributed by atoms with Crippen LogP contribution in [0.4, 0.5) is 5.69 Å². The fourth-order valence-electron chi connectivity index (χ4n) is 4.48. The van der Waals surface area contributed by atoms with Gasteiger partial charge in [-0.25, -0.2) is 0 Å². The Labute approximate surface area is 188 Å². The number of likely N-dealkylation sites (tertiary alicyclic amines) is 1. The summed E-state index contributed by atoms with van der Waals surface area (Å²) in [6, 6.07) is 4.94. The van der Waals surface area contributed by atoms with E-state index in [1.165, 1.54) is 24.9 Å². The molecule has 0 bridgehead atoms. The maximum Gasteiger partial charge on any atom is 0.311 e. The van der Waals surface area contributed by atoms with E-state index >= 15 is 0 Å². The average molecular weight is 452 g/mol. The van der Waals surface area contributed by atoms with Crippen molar-refractivity contribution in [2.75, 3.05) is 45.6 Å². The zero-order valence-corrected chi connectivity index (χ0v) is 19.4. The highest BCUT2D eigenvalue weighted by atomic mass is 32.2. The van der Waals surface area contributed by atoms with Crippen molar-refractivity contribution in [3.05, 3.63) is 33.9 Å². The van der Waals surface area contributed by atoms with Gasteiger partial charge in [-0.15, -0.1) is 11.8 Å². The Morgan fingerprint density at radius 1 is 1.26 bits per heavy atom. The number of hydrogen-bond acceptors (Lipinski definition) is 7. The van der Waals surface area contributed by atoms with Crippen LogP contribution >= 0.6 is 11.8 Å². The maximum absolute atomic E-state index is 12.6. The SMILES string of the molecule is COc1ccc(CSCC(=O)N2CCC(CN3CC(C)OC(C)C3)CC2)cc1[N+](=O)[O-]. The minimum Gasteiger partial charge on any atom is -0.490 e. The van der Waals surface area contributed by atoms with Crippen LogP contribution in [0.25, 0.3) is 0 Å². The number of nitro groups is 1. The Hall–Kier alpha value is -1.84. The molecule has 172 valence electrons. The molecular weight excluding hydrogens is 418 g/mol. The fourth-order valence-corrected chi connectivity index (χ4v) is 5.35. The van der Waals surface area contributed by atoms with Crippen LogP contribution < -0.4 is 4.74 Å². The van der Waals surface area contributed by atoms with E-state index in [0.717, 1.165) is 51.1 Å². The number of amides is 1. The molecule has 0 spiro atoms. The zero-order chi connectivity index (χ0) is 22.4. The fraction of sp³-hybridized carbons (Fsp3) is 0.682. The Bertz CT molecular complexity index is 760. The van der Waals surface area contributed by atoms with E-state index in [0.29, 0.717) is 17.4 Å². The van der Waals surface area contributed by atoms with Crippen molar-refractivity contribution in [2.24, 2.45) is 5.92 Å². The third kappa shape index (κ3) is 6.82. The lowest BCUT2D eigenvalue weighted by atomic mass is 9.95. The summed E-state index contributed by atoms with van der Waals surface area (Å²) in [5.41, 5.74) is 0.774. The molecule has 3 rings (SSSR count). The third-order valence-electron chi connectivity index (χ3n) is 5.91. The molecule has 31 heavy (non-hydrogen) atoms. The first-order valence-electron chi connectivity index (χ1n) is 10.9. The van der Waals surface area contributed by atoms with E-state index in [1.54, 1.807) is 6.07 Å². The molecule has 2 aliphatic heterocycles. The summed E-state index contributed by atoms with van der Waals surface area (Å²) < 4.78 is 10.8. The van der Waals surface area contributed by atoms with Gasteiger partial charge in [0.05, 0.1) is 30.0 Å². The van der Waals surface area contributed by atoms with Gasteiger partial charge >= 0.3 is 5.69 Å². The van der Waals surface area contributed by atoms with Crippen LogP contribution in [0.1, 0.15) is 32.3 Å². The summed E-state index contributed by atoms with van der Waals surface area (Å²) in [6.07, 6.45) is 2.66. The number of hydrogen-bond donors (Lipinski definition) is 0. The van der Waals surface area contributed by atoms with Gasteiger partial charge in [0.15, 0.2) is 5.75 Å². The smallest absolute Gasteiger partial charge is 0.311 e. The molecular formula is C22H33N3O5S. The van der Waals surface area contributed by atoms with Crippen LogP contribution in [0.3, 0.4) is 0 Å². The highest BCUT2D eigenvalue weighted by Crippen LogP contribution is 2.29. The number of benzene rings is 1. The monoisotopic (exact) mass is 451 g/mol. The molecule has 1 aromatic carbocycles. The van der Waals surface area contributed by atoms with Crippen molar-refractivity contribution in [2.45, 2.75) is 44.6 Å². The van der Waals surface area contributed by atoms with Crippen molar-refractivity contribution in [3.8, 4) is 5.75 Å². The van der Waals surface area contributed by atoms with E-state index in [4.69, 9.17) is 9.47 Å². The van der Waals surface area contributed by atoms with Crippen LogP contribution in [0.5, 0.6) is 5.75 Å². The largest absolute Gasteiger partial charge is 0.490 e.